The van der Waals surface area contributed by atoms with Crippen LogP contribution in [-0.4, -0.2) is 42.3 Å². The third-order valence-electron chi connectivity index (χ3n) is 5.27. The van der Waals surface area contributed by atoms with Gasteiger partial charge in [0, 0.05) is 0 Å². The summed E-state index contributed by atoms with van der Waals surface area (Å²) < 4.78 is 55.8. The molecule has 0 heterocycles. The second-order valence-corrected chi connectivity index (χ2v) is 18.2. The van der Waals surface area contributed by atoms with Crippen LogP contribution in [-0.2, 0) is 19.9 Å². The highest BCUT2D eigenvalue weighted by Crippen LogP contribution is 2.23. The van der Waals surface area contributed by atoms with E-state index < -0.39 is 34.5 Å². The summed E-state index contributed by atoms with van der Waals surface area (Å²) in [6.07, 6.45) is 1.56. The van der Waals surface area contributed by atoms with Crippen molar-refractivity contribution in [3.63, 3.8) is 0 Å². The molecule has 0 saturated heterocycles. The van der Waals surface area contributed by atoms with Gasteiger partial charge in [0.2, 0.25) is 19.9 Å². The van der Waals surface area contributed by atoms with Gasteiger partial charge in [0.15, 0.2) is 0 Å². The number of hydrogen-bond donors (Lipinski definition) is 0. The molecule has 0 atom stereocenters. The van der Waals surface area contributed by atoms with Crippen LogP contribution in [0.15, 0.2) is 105 Å². The second kappa shape index (κ2) is 11.9. The van der Waals surface area contributed by atoms with Crippen LogP contribution in [0, 0.1) is 18.4 Å². The Bertz CT molecular complexity index is 1560. The van der Waals surface area contributed by atoms with Crippen LogP contribution in [0.25, 0.3) is 6.08 Å². The maximum atomic E-state index is 13.7. The standard InChI is InChI=1S/C29H31NO4S2Si/c1-25-16-19-28(20-17-25)36(33,34)30(22-11-23-37(2,3)4)24-29(21-18-26-12-7-5-8-13-26)35(31,32)27-14-9-6-10-15-27/h5-10,12-20H,22,24H2,1-4H3. The molecule has 0 N–H and O–H groups in total. The highest BCUT2D eigenvalue weighted by molar-refractivity contribution is 7.95. The number of nitrogens with zero attached hydrogens (tertiary/aromatic N) is 1. The third-order valence-corrected chi connectivity index (χ3v) is 9.80. The van der Waals surface area contributed by atoms with Gasteiger partial charge in [0.25, 0.3) is 0 Å². The van der Waals surface area contributed by atoms with Gasteiger partial charge in [-0.3, -0.25) is 0 Å². The zero-order valence-corrected chi connectivity index (χ0v) is 24.1. The van der Waals surface area contributed by atoms with E-state index in [2.05, 4.69) is 36.8 Å². The fraction of sp³-hybridized carbons (Fsp3) is 0.207. The van der Waals surface area contributed by atoms with Gasteiger partial charge in [-0.2, -0.15) is 4.31 Å². The lowest BCUT2D eigenvalue weighted by molar-refractivity contribution is 0.474. The molecule has 0 aliphatic rings. The second-order valence-electron chi connectivity index (χ2n) is 9.58. The fourth-order valence-electron chi connectivity index (χ4n) is 3.30. The molecule has 5 nitrogen and oxygen atoms in total. The summed E-state index contributed by atoms with van der Waals surface area (Å²) in [5, 5.41) is 0. The van der Waals surface area contributed by atoms with E-state index in [0.717, 1.165) is 15.4 Å². The molecule has 3 rings (SSSR count). The van der Waals surface area contributed by atoms with Crippen LogP contribution in [0.5, 0.6) is 0 Å². The van der Waals surface area contributed by atoms with Gasteiger partial charge in [0.05, 0.1) is 22.9 Å². The lowest BCUT2D eigenvalue weighted by Crippen LogP contribution is -2.35. The van der Waals surface area contributed by atoms with Crippen LogP contribution >= 0.6 is 0 Å². The molecule has 0 aromatic heterocycles. The SMILES string of the molecule is Cc1ccc(S(=O)(=O)N(CC#C[Si](C)(C)C)CC(=C=Cc2ccccc2)S(=O)(=O)c2ccccc2)cc1. The fourth-order valence-corrected chi connectivity index (χ4v) is 6.64. The molecule has 0 saturated carbocycles. The first-order valence-corrected chi connectivity index (χ1v) is 18.2. The molecule has 0 bridgehead atoms. The van der Waals surface area contributed by atoms with Crippen molar-refractivity contribution in [1.82, 2.24) is 4.31 Å². The topological polar surface area (TPSA) is 71.5 Å². The zero-order chi connectivity index (χ0) is 27.1. The minimum atomic E-state index is -4.05. The number of sulfone groups is 1. The Labute approximate surface area is 222 Å². The minimum absolute atomic E-state index is 0.0693. The van der Waals surface area contributed by atoms with Crippen molar-refractivity contribution in [2.75, 3.05) is 13.1 Å². The van der Waals surface area contributed by atoms with E-state index in [1.165, 1.54) is 24.3 Å². The van der Waals surface area contributed by atoms with Gasteiger partial charge in [0.1, 0.15) is 13.0 Å². The van der Waals surface area contributed by atoms with Crippen molar-refractivity contribution >= 4 is 34.0 Å². The quantitative estimate of drug-likeness (QED) is 0.210. The highest BCUT2D eigenvalue weighted by Gasteiger charge is 2.30. The Hall–Kier alpha value is -3.18. The van der Waals surface area contributed by atoms with Crippen LogP contribution in [0.4, 0.5) is 0 Å². The lowest BCUT2D eigenvalue weighted by atomic mass is 10.2. The predicted octanol–water partition coefficient (Wildman–Crippen LogP) is 5.54. The van der Waals surface area contributed by atoms with Crippen molar-refractivity contribution in [3.05, 3.63) is 107 Å². The van der Waals surface area contributed by atoms with E-state index >= 15 is 0 Å². The molecule has 37 heavy (non-hydrogen) atoms. The summed E-state index contributed by atoms with van der Waals surface area (Å²) in [5.41, 5.74) is 7.75. The smallest absolute Gasteiger partial charge is 0.218 e. The Morgan fingerprint density at radius 2 is 1.38 bits per heavy atom. The van der Waals surface area contributed by atoms with Crippen LogP contribution < -0.4 is 0 Å². The van der Waals surface area contributed by atoms with E-state index in [-0.39, 0.29) is 21.2 Å². The maximum Gasteiger partial charge on any atom is 0.244 e. The first-order chi connectivity index (χ1) is 17.4. The van der Waals surface area contributed by atoms with Gasteiger partial charge in [-0.05, 0) is 42.8 Å². The Kier molecular flexibility index (Phi) is 9.14. The van der Waals surface area contributed by atoms with E-state index in [4.69, 9.17) is 0 Å². The molecule has 8 heteroatoms. The molecular weight excluding hydrogens is 519 g/mol. The Balaban J connectivity index is 2.16. The molecule has 0 aliphatic heterocycles. The normalized spacial score (nSPS) is 11.8. The number of hydrogen-bond acceptors (Lipinski definition) is 4. The summed E-state index contributed by atoms with van der Waals surface area (Å²) in [5.74, 6) is 3.00. The maximum absolute atomic E-state index is 13.7. The molecule has 3 aromatic carbocycles. The average molecular weight is 550 g/mol. The summed E-state index contributed by atoms with van der Waals surface area (Å²) >= 11 is 0. The van der Waals surface area contributed by atoms with Crippen LogP contribution in [0.1, 0.15) is 11.1 Å². The molecule has 0 unspecified atom stereocenters. The van der Waals surface area contributed by atoms with Gasteiger partial charge in [-0.25, -0.2) is 16.8 Å². The van der Waals surface area contributed by atoms with Crippen molar-refractivity contribution in [2.45, 2.75) is 36.4 Å². The minimum Gasteiger partial charge on any atom is -0.218 e. The first-order valence-electron chi connectivity index (χ1n) is 11.8. The first kappa shape index (κ1) is 28.4. The number of aryl methyl sites for hydroxylation is 1. The van der Waals surface area contributed by atoms with Crippen LogP contribution in [0.2, 0.25) is 19.6 Å². The molecule has 192 valence electrons. The predicted molar refractivity (Wildman–Crippen MR) is 153 cm³/mol. The molecule has 0 radical (unpaired) electrons. The van der Waals surface area contributed by atoms with Crippen molar-refractivity contribution in [2.24, 2.45) is 0 Å². The number of rotatable bonds is 8. The van der Waals surface area contributed by atoms with Gasteiger partial charge in [-0.15, -0.1) is 11.3 Å². The van der Waals surface area contributed by atoms with Gasteiger partial charge in [-0.1, -0.05) is 91.8 Å². The number of benzene rings is 3. The highest BCUT2D eigenvalue weighted by atomic mass is 32.2. The molecule has 0 spiro atoms. The lowest BCUT2D eigenvalue weighted by Gasteiger charge is -2.21. The van der Waals surface area contributed by atoms with Crippen molar-refractivity contribution in [1.29, 1.82) is 0 Å². The van der Waals surface area contributed by atoms with Crippen molar-refractivity contribution < 1.29 is 16.8 Å². The summed E-state index contributed by atoms with van der Waals surface area (Å²) in [4.78, 5) is -0.00993. The van der Waals surface area contributed by atoms with E-state index in [1.807, 2.05) is 37.3 Å². The van der Waals surface area contributed by atoms with E-state index in [9.17, 15) is 16.8 Å². The number of sulfonamides is 1. The van der Waals surface area contributed by atoms with E-state index in [1.54, 1.807) is 36.4 Å². The van der Waals surface area contributed by atoms with E-state index in [0.29, 0.717) is 0 Å². The molecular formula is C29H31NO4S2Si. The molecule has 0 aliphatic carbocycles. The third kappa shape index (κ3) is 7.90. The monoisotopic (exact) mass is 549 g/mol. The molecule has 3 aromatic rings. The summed E-state index contributed by atoms with van der Waals surface area (Å²) in [6.45, 7) is 7.51. The average Bonchev–Trinajstić information content (AvgIpc) is 2.86. The molecule has 0 amide bonds. The molecule has 0 fully saturated rings. The Morgan fingerprint density at radius 1 is 0.811 bits per heavy atom. The Morgan fingerprint density at radius 3 is 1.95 bits per heavy atom. The largest absolute Gasteiger partial charge is 0.244 e. The van der Waals surface area contributed by atoms with Crippen molar-refractivity contribution in [3.8, 4) is 11.5 Å². The summed E-state index contributed by atoms with van der Waals surface area (Å²) in [6, 6.07) is 23.6. The van der Waals surface area contributed by atoms with Crippen LogP contribution in [0.3, 0.4) is 0 Å². The summed E-state index contributed by atoms with van der Waals surface area (Å²) in [7, 11) is -9.88. The zero-order valence-electron chi connectivity index (χ0n) is 21.5. The van der Waals surface area contributed by atoms with Gasteiger partial charge < -0.3 is 0 Å². The van der Waals surface area contributed by atoms with Gasteiger partial charge >= 0.3 is 0 Å².